The average Bonchev–Trinajstić information content (AvgIpc) is 2.88. The first kappa shape index (κ1) is 13.4. The van der Waals surface area contributed by atoms with Crippen LogP contribution in [0.5, 0.6) is 0 Å². The van der Waals surface area contributed by atoms with Gasteiger partial charge in [0.25, 0.3) is 5.91 Å². The molecule has 4 heteroatoms. The highest BCUT2D eigenvalue weighted by Crippen LogP contribution is 2.29. The van der Waals surface area contributed by atoms with Gasteiger partial charge in [0, 0.05) is 25.3 Å². The lowest BCUT2D eigenvalue weighted by Gasteiger charge is -2.22. The number of carbonyl (C=O) groups excluding carboxylic acids is 1. The molecule has 0 atom stereocenters. The molecule has 19 heavy (non-hydrogen) atoms. The van der Waals surface area contributed by atoms with E-state index in [4.69, 9.17) is 0 Å². The van der Waals surface area contributed by atoms with Gasteiger partial charge in [-0.25, -0.2) is 0 Å². The normalized spacial score (nSPS) is 16.7. The minimum absolute atomic E-state index is 0.159. The number of benzene rings is 1. The number of nitrogens with zero attached hydrogens (tertiary/aromatic N) is 2. The van der Waals surface area contributed by atoms with E-state index in [0.29, 0.717) is 5.56 Å². The molecule has 1 fully saturated rings. The first-order valence-electron chi connectivity index (χ1n) is 6.57. The fourth-order valence-corrected chi connectivity index (χ4v) is 2.44. The molecule has 1 aromatic rings. The number of hydrogen-bond donors (Lipinski definition) is 1. The summed E-state index contributed by atoms with van der Waals surface area (Å²) in [5.41, 5.74) is 0.997. The van der Waals surface area contributed by atoms with E-state index in [1.54, 1.807) is 12.1 Å². The molecule has 0 heterocycles. The molecule has 2 rings (SSSR count). The summed E-state index contributed by atoms with van der Waals surface area (Å²) in [5.74, 6) is -0.159. The lowest BCUT2D eigenvalue weighted by molar-refractivity contribution is 0.0920. The maximum Gasteiger partial charge on any atom is 0.252 e. The monoisotopic (exact) mass is 257 g/mol. The number of rotatable bonds is 3. The number of nitriles is 1. The van der Waals surface area contributed by atoms with E-state index in [2.05, 4.69) is 11.4 Å². The maximum absolute atomic E-state index is 12.2. The van der Waals surface area contributed by atoms with Crippen LogP contribution in [0.4, 0.5) is 5.69 Å². The van der Waals surface area contributed by atoms with Crippen molar-refractivity contribution in [3.8, 4) is 6.07 Å². The topological polar surface area (TPSA) is 56.1 Å². The minimum Gasteiger partial charge on any atom is -0.378 e. The average molecular weight is 257 g/mol. The van der Waals surface area contributed by atoms with Gasteiger partial charge in [0.2, 0.25) is 0 Å². The number of carbonyl (C=O) groups is 1. The van der Waals surface area contributed by atoms with E-state index in [9.17, 15) is 10.1 Å². The molecule has 1 N–H and O–H groups in total. The fraction of sp³-hybridized carbons (Fsp3) is 0.467. The molecule has 0 aromatic heterocycles. The molecule has 1 aliphatic rings. The van der Waals surface area contributed by atoms with Gasteiger partial charge in [-0.2, -0.15) is 5.26 Å². The summed E-state index contributed by atoms with van der Waals surface area (Å²) in [4.78, 5) is 14.2. The molecule has 0 radical (unpaired) electrons. The second-order valence-electron chi connectivity index (χ2n) is 5.30. The minimum atomic E-state index is -0.655. The van der Waals surface area contributed by atoms with E-state index in [1.165, 1.54) is 0 Å². The first-order chi connectivity index (χ1) is 9.06. The van der Waals surface area contributed by atoms with Gasteiger partial charge < -0.3 is 10.2 Å². The van der Waals surface area contributed by atoms with E-state index in [1.807, 2.05) is 31.1 Å². The molecule has 1 amide bonds. The lowest BCUT2D eigenvalue weighted by atomic mass is 9.99. The highest BCUT2D eigenvalue weighted by atomic mass is 16.1. The molecule has 0 aliphatic heterocycles. The standard InChI is InChI=1S/C15H19N3O/c1-18(2)13-7-5-12(6-8-13)14(19)17-15(11-16)9-3-4-10-15/h5-8H,3-4,9-10H2,1-2H3,(H,17,19). The molecular weight excluding hydrogens is 238 g/mol. The van der Waals surface area contributed by atoms with Crippen molar-refractivity contribution in [2.24, 2.45) is 0 Å². The molecule has 1 aliphatic carbocycles. The molecule has 1 saturated carbocycles. The second-order valence-corrected chi connectivity index (χ2v) is 5.30. The Morgan fingerprint density at radius 3 is 2.32 bits per heavy atom. The molecule has 0 saturated heterocycles. The van der Waals surface area contributed by atoms with E-state index in [-0.39, 0.29) is 5.91 Å². The van der Waals surface area contributed by atoms with Gasteiger partial charge in [-0.15, -0.1) is 0 Å². The Morgan fingerprint density at radius 1 is 1.26 bits per heavy atom. The summed E-state index contributed by atoms with van der Waals surface area (Å²) >= 11 is 0. The SMILES string of the molecule is CN(C)c1ccc(C(=O)NC2(C#N)CCCC2)cc1. The second kappa shape index (κ2) is 5.31. The van der Waals surface area contributed by atoms with Crippen LogP contribution in [0.2, 0.25) is 0 Å². The Kier molecular flexibility index (Phi) is 3.75. The van der Waals surface area contributed by atoms with Gasteiger partial charge >= 0.3 is 0 Å². The van der Waals surface area contributed by atoms with E-state index in [0.717, 1.165) is 31.4 Å². The van der Waals surface area contributed by atoms with Crippen molar-refractivity contribution in [3.63, 3.8) is 0 Å². The predicted molar refractivity (Wildman–Crippen MR) is 75.0 cm³/mol. The Hall–Kier alpha value is -2.02. The van der Waals surface area contributed by atoms with E-state index >= 15 is 0 Å². The van der Waals surface area contributed by atoms with E-state index < -0.39 is 5.54 Å². The van der Waals surface area contributed by atoms with Crippen molar-refractivity contribution in [1.29, 1.82) is 5.26 Å². The number of nitrogens with one attached hydrogen (secondary N) is 1. The number of anilines is 1. The summed E-state index contributed by atoms with van der Waals surface area (Å²) in [6.45, 7) is 0. The summed E-state index contributed by atoms with van der Waals surface area (Å²) in [5, 5.41) is 12.2. The highest BCUT2D eigenvalue weighted by molar-refractivity contribution is 5.95. The quantitative estimate of drug-likeness (QED) is 0.904. The number of amides is 1. The summed E-state index contributed by atoms with van der Waals surface area (Å²) in [6.07, 6.45) is 3.52. The van der Waals surface area contributed by atoms with Gasteiger partial charge in [-0.1, -0.05) is 0 Å². The largest absolute Gasteiger partial charge is 0.378 e. The van der Waals surface area contributed by atoms with Gasteiger partial charge in [0.05, 0.1) is 6.07 Å². The smallest absolute Gasteiger partial charge is 0.252 e. The molecule has 4 nitrogen and oxygen atoms in total. The highest BCUT2D eigenvalue weighted by Gasteiger charge is 2.35. The van der Waals surface area contributed by atoms with Crippen LogP contribution in [0.25, 0.3) is 0 Å². The third-order valence-corrected chi connectivity index (χ3v) is 3.67. The summed E-state index contributed by atoms with van der Waals surface area (Å²) in [6, 6.07) is 9.67. The van der Waals surface area contributed by atoms with Crippen molar-refractivity contribution in [2.45, 2.75) is 31.2 Å². The molecule has 1 aromatic carbocycles. The molecule has 100 valence electrons. The van der Waals surface area contributed by atoms with Crippen molar-refractivity contribution < 1.29 is 4.79 Å². The summed E-state index contributed by atoms with van der Waals surface area (Å²) < 4.78 is 0. The summed E-state index contributed by atoms with van der Waals surface area (Å²) in [7, 11) is 3.91. The molecule has 0 bridgehead atoms. The Labute approximate surface area is 114 Å². The lowest BCUT2D eigenvalue weighted by Crippen LogP contribution is -2.45. The Balaban J connectivity index is 2.10. The van der Waals surface area contributed by atoms with Crippen LogP contribution in [0.1, 0.15) is 36.0 Å². The van der Waals surface area contributed by atoms with Gasteiger partial charge in [-0.3, -0.25) is 4.79 Å². The van der Waals surface area contributed by atoms with Crippen molar-refractivity contribution in [2.75, 3.05) is 19.0 Å². The third kappa shape index (κ3) is 2.87. The van der Waals surface area contributed by atoms with Crippen LogP contribution in [0.3, 0.4) is 0 Å². The van der Waals surface area contributed by atoms with Gasteiger partial charge in [-0.05, 0) is 49.9 Å². The van der Waals surface area contributed by atoms with Crippen molar-refractivity contribution in [3.05, 3.63) is 29.8 Å². The zero-order valence-corrected chi connectivity index (χ0v) is 11.4. The van der Waals surface area contributed by atoms with Crippen LogP contribution < -0.4 is 10.2 Å². The molecule has 0 spiro atoms. The number of hydrogen-bond acceptors (Lipinski definition) is 3. The zero-order valence-electron chi connectivity index (χ0n) is 11.4. The van der Waals surface area contributed by atoms with Crippen LogP contribution >= 0.6 is 0 Å². The third-order valence-electron chi connectivity index (χ3n) is 3.67. The molecular formula is C15H19N3O. The first-order valence-corrected chi connectivity index (χ1v) is 6.57. The van der Waals surface area contributed by atoms with Crippen molar-refractivity contribution in [1.82, 2.24) is 5.32 Å². The van der Waals surface area contributed by atoms with Crippen molar-refractivity contribution >= 4 is 11.6 Å². The Morgan fingerprint density at radius 2 is 1.84 bits per heavy atom. The van der Waals surface area contributed by atoms with Gasteiger partial charge in [0.1, 0.15) is 5.54 Å². The van der Waals surface area contributed by atoms with Crippen LogP contribution in [0.15, 0.2) is 24.3 Å². The molecule has 0 unspecified atom stereocenters. The maximum atomic E-state index is 12.2. The van der Waals surface area contributed by atoms with Crippen LogP contribution in [0, 0.1) is 11.3 Å². The van der Waals surface area contributed by atoms with Crippen LogP contribution in [-0.2, 0) is 0 Å². The van der Waals surface area contributed by atoms with Gasteiger partial charge in [0.15, 0.2) is 0 Å². The predicted octanol–water partition coefficient (Wildman–Crippen LogP) is 2.32. The fourth-order valence-electron chi connectivity index (χ4n) is 2.44. The zero-order chi connectivity index (χ0) is 13.9. The Bertz CT molecular complexity index is 493. The van der Waals surface area contributed by atoms with Crippen LogP contribution in [-0.4, -0.2) is 25.5 Å².